The lowest BCUT2D eigenvalue weighted by atomic mass is 9.72. The highest BCUT2D eigenvalue weighted by atomic mass is 16.5. The molecule has 2 aromatic carbocycles. The van der Waals surface area contributed by atoms with Gasteiger partial charge in [0.1, 0.15) is 5.82 Å². The number of hydrogen-bond acceptors (Lipinski definition) is 6. The minimum atomic E-state index is -0.438. The Morgan fingerprint density at radius 2 is 1.74 bits per heavy atom. The molecule has 2 N–H and O–H groups in total. The summed E-state index contributed by atoms with van der Waals surface area (Å²) in [4.78, 5) is 13.8. The number of nitrogens with zero attached hydrogens (tertiary/aromatic N) is 3. The van der Waals surface area contributed by atoms with Crippen molar-refractivity contribution in [2.45, 2.75) is 38.0 Å². The van der Waals surface area contributed by atoms with Crippen molar-refractivity contribution in [1.29, 1.82) is 5.26 Å². The number of allylic oxidation sites excluding steroid dienone is 3. The van der Waals surface area contributed by atoms with Crippen LogP contribution >= 0.6 is 0 Å². The Balaban J connectivity index is 1.65. The number of rotatable bonds is 4. The van der Waals surface area contributed by atoms with Gasteiger partial charge in [0.25, 0.3) is 0 Å². The zero-order chi connectivity index (χ0) is 23.7. The number of aryl methyl sites for hydroxylation is 1. The van der Waals surface area contributed by atoms with Crippen LogP contribution in [0.1, 0.15) is 48.3 Å². The number of hydrogen-bond donors (Lipinski definition) is 1. The van der Waals surface area contributed by atoms with Crippen molar-refractivity contribution in [2.75, 3.05) is 26.3 Å². The van der Waals surface area contributed by atoms with E-state index in [9.17, 15) is 10.1 Å². The Kier molecular flexibility index (Phi) is 6.23. The fraction of sp³-hybridized carbons (Fsp3) is 0.357. The van der Waals surface area contributed by atoms with Crippen molar-refractivity contribution in [3.05, 3.63) is 94.0 Å². The van der Waals surface area contributed by atoms with E-state index in [-0.39, 0.29) is 11.7 Å². The molecule has 0 amide bonds. The summed E-state index contributed by atoms with van der Waals surface area (Å²) >= 11 is 0. The summed E-state index contributed by atoms with van der Waals surface area (Å²) in [5, 5.41) is 14.3. The number of ketones is 1. The van der Waals surface area contributed by atoms with Gasteiger partial charge < -0.3 is 10.5 Å². The number of Topliss-reactive ketones (excluding diaryl/α,β-unsaturated/α-hetero) is 1. The number of nitrogens with two attached hydrogens (primary N) is 1. The third-order valence-corrected chi connectivity index (χ3v) is 7.20. The second-order valence-corrected chi connectivity index (χ2v) is 9.12. The molecule has 2 unspecified atom stereocenters. The molecule has 174 valence electrons. The summed E-state index contributed by atoms with van der Waals surface area (Å²) in [5.41, 5.74) is 12.1. The van der Waals surface area contributed by atoms with E-state index < -0.39 is 5.92 Å². The molecular formula is C28H30N4O2. The quantitative estimate of drug-likeness (QED) is 0.752. The first kappa shape index (κ1) is 22.4. The van der Waals surface area contributed by atoms with Crippen molar-refractivity contribution in [2.24, 2.45) is 5.73 Å². The van der Waals surface area contributed by atoms with Gasteiger partial charge in [0.2, 0.25) is 0 Å². The average molecular weight is 455 g/mol. The minimum Gasteiger partial charge on any atom is -0.383 e. The molecule has 0 spiro atoms. The first-order valence-electron chi connectivity index (χ1n) is 12.0. The van der Waals surface area contributed by atoms with Crippen LogP contribution in [0.15, 0.2) is 77.3 Å². The molecule has 1 aliphatic carbocycles. The van der Waals surface area contributed by atoms with Crippen LogP contribution in [0.5, 0.6) is 0 Å². The molecule has 5 rings (SSSR count). The summed E-state index contributed by atoms with van der Waals surface area (Å²) < 4.78 is 5.57. The van der Waals surface area contributed by atoms with Gasteiger partial charge in [0, 0.05) is 30.8 Å². The summed E-state index contributed by atoms with van der Waals surface area (Å²) in [6.07, 6.45) is 2.07. The van der Waals surface area contributed by atoms with Crippen molar-refractivity contribution in [1.82, 2.24) is 10.0 Å². The molecule has 6 heteroatoms. The fourth-order valence-corrected chi connectivity index (χ4v) is 5.43. The molecule has 3 aliphatic rings. The summed E-state index contributed by atoms with van der Waals surface area (Å²) in [6, 6.07) is 20.8. The summed E-state index contributed by atoms with van der Waals surface area (Å²) in [6.45, 7) is 4.62. The smallest absolute Gasteiger partial charge is 0.162 e. The van der Waals surface area contributed by atoms with Gasteiger partial charge in [0.15, 0.2) is 5.78 Å². The number of nitriles is 1. The first-order chi connectivity index (χ1) is 16.6. The SMILES string of the molecule is CCc1ccc(C2C(C#N)=C(N)N(N3CCOCC3)C3=C2C(=O)CC(c2ccccc2)C3)cc1. The maximum absolute atomic E-state index is 13.8. The van der Waals surface area contributed by atoms with Crippen LogP contribution in [0.25, 0.3) is 0 Å². The standard InChI is InChI=1S/C28H30N4O2/c1-2-19-8-10-21(11-9-19)26-23(18-29)28(30)32(31-12-14-34-15-13-31)24-16-22(17-25(33)27(24)26)20-6-4-3-5-7-20/h3-11,22,26H,2,12-17,30H2,1H3. The van der Waals surface area contributed by atoms with Gasteiger partial charge in [-0.1, -0.05) is 61.5 Å². The Bertz CT molecular complexity index is 1170. The van der Waals surface area contributed by atoms with Crippen LogP contribution in [-0.4, -0.2) is 42.1 Å². The van der Waals surface area contributed by atoms with Gasteiger partial charge in [-0.15, -0.1) is 0 Å². The van der Waals surface area contributed by atoms with E-state index >= 15 is 0 Å². The second-order valence-electron chi connectivity index (χ2n) is 9.12. The zero-order valence-corrected chi connectivity index (χ0v) is 19.5. The average Bonchev–Trinajstić information content (AvgIpc) is 2.89. The molecule has 34 heavy (non-hydrogen) atoms. The van der Waals surface area contributed by atoms with Crippen LogP contribution < -0.4 is 5.73 Å². The number of morpholine rings is 1. The second kappa shape index (κ2) is 9.46. The normalized spacial score (nSPS) is 23.6. The van der Waals surface area contributed by atoms with E-state index in [2.05, 4.69) is 42.3 Å². The van der Waals surface area contributed by atoms with Gasteiger partial charge in [-0.3, -0.25) is 9.80 Å². The molecule has 2 heterocycles. The van der Waals surface area contributed by atoms with Gasteiger partial charge in [-0.25, -0.2) is 5.01 Å². The van der Waals surface area contributed by atoms with Crippen LogP contribution in [-0.2, 0) is 16.0 Å². The highest BCUT2D eigenvalue weighted by Crippen LogP contribution is 2.48. The summed E-state index contributed by atoms with van der Waals surface area (Å²) in [7, 11) is 0. The molecule has 2 atom stereocenters. The molecule has 1 saturated heterocycles. The van der Waals surface area contributed by atoms with E-state index in [0.29, 0.717) is 56.1 Å². The molecule has 0 radical (unpaired) electrons. The molecule has 2 aliphatic heterocycles. The fourth-order valence-electron chi connectivity index (χ4n) is 5.43. The zero-order valence-electron chi connectivity index (χ0n) is 19.5. The molecular weight excluding hydrogens is 424 g/mol. The highest BCUT2D eigenvalue weighted by molar-refractivity contribution is 6.00. The van der Waals surface area contributed by atoms with Gasteiger partial charge in [-0.2, -0.15) is 5.26 Å². The van der Waals surface area contributed by atoms with Crippen molar-refractivity contribution in [3.8, 4) is 6.07 Å². The number of carbonyl (C=O) groups excluding carboxylic acids is 1. The topological polar surface area (TPSA) is 82.6 Å². The van der Waals surface area contributed by atoms with E-state index in [1.54, 1.807) is 0 Å². The predicted octanol–water partition coefficient (Wildman–Crippen LogP) is 3.99. The van der Waals surface area contributed by atoms with E-state index in [0.717, 1.165) is 23.2 Å². The molecule has 6 nitrogen and oxygen atoms in total. The molecule has 2 aromatic rings. The van der Waals surface area contributed by atoms with E-state index in [4.69, 9.17) is 10.5 Å². The Hall–Kier alpha value is -3.40. The van der Waals surface area contributed by atoms with Crippen molar-refractivity contribution < 1.29 is 9.53 Å². The molecule has 0 bridgehead atoms. The van der Waals surface area contributed by atoms with Gasteiger partial charge in [-0.05, 0) is 35.4 Å². The molecule has 1 fully saturated rings. The van der Waals surface area contributed by atoms with Crippen molar-refractivity contribution in [3.63, 3.8) is 0 Å². The van der Waals surface area contributed by atoms with Crippen LogP contribution in [0.3, 0.4) is 0 Å². The first-order valence-corrected chi connectivity index (χ1v) is 12.0. The van der Waals surface area contributed by atoms with Crippen molar-refractivity contribution >= 4 is 5.78 Å². The number of carbonyl (C=O) groups is 1. The Morgan fingerprint density at radius 1 is 1.03 bits per heavy atom. The molecule has 0 aromatic heterocycles. The van der Waals surface area contributed by atoms with Crippen LogP contribution in [0.2, 0.25) is 0 Å². The van der Waals surface area contributed by atoms with E-state index in [1.807, 2.05) is 35.3 Å². The number of ether oxygens (including phenoxy) is 1. The third kappa shape index (κ3) is 3.91. The maximum Gasteiger partial charge on any atom is 0.162 e. The lowest BCUT2D eigenvalue weighted by Crippen LogP contribution is -2.52. The minimum absolute atomic E-state index is 0.0792. The Morgan fingerprint density at radius 3 is 2.38 bits per heavy atom. The lowest BCUT2D eigenvalue weighted by molar-refractivity contribution is -0.117. The van der Waals surface area contributed by atoms with Gasteiger partial charge in [0.05, 0.1) is 30.8 Å². The van der Waals surface area contributed by atoms with Gasteiger partial charge >= 0.3 is 0 Å². The third-order valence-electron chi connectivity index (χ3n) is 7.20. The number of hydrazine groups is 1. The highest BCUT2D eigenvalue weighted by Gasteiger charge is 2.44. The maximum atomic E-state index is 13.8. The van der Waals surface area contributed by atoms with Crippen LogP contribution in [0, 0.1) is 11.3 Å². The molecule has 0 saturated carbocycles. The number of benzene rings is 2. The largest absolute Gasteiger partial charge is 0.383 e. The summed E-state index contributed by atoms with van der Waals surface area (Å²) in [5.74, 6) is 0.162. The Labute approximate surface area is 200 Å². The monoisotopic (exact) mass is 454 g/mol. The van der Waals surface area contributed by atoms with E-state index in [1.165, 1.54) is 5.56 Å². The lowest BCUT2D eigenvalue weighted by Gasteiger charge is -2.47. The van der Waals surface area contributed by atoms with Crippen LogP contribution in [0.4, 0.5) is 0 Å². The predicted molar refractivity (Wildman–Crippen MR) is 130 cm³/mol.